The fourth-order valence-corrected chi connectivity index (χ4v) is 0.872. The van der Waals surface area contributed by atoms with Crippen LogP contribution in [0.15, 0.2) is 29.4 Å². The molecule has 0 aliphatic heterocycles. The molecule has 0 bridgehead atoms. The van der Waals surface area contributed by atoms with Gasteiger partial charge in [0.25, 0.3) is 0 Å². The molecule has 0 atom stereocenters. The minimum atomic E-state index is 0.626. The highest BCUT2D eigenvalue weighted by molar-refractivity contribution is 6.30. The van der Waals surface area contributed by atoms with Crippen LogP contribution < -0.4 is 0 Å². The third kappa shape index (κ3) is 3.95. The maximum Gasteiger partial charge on any atom is 0.139 e. The molecule has 0 N–H and O–H groups in total. The lowest BCUT2D eigenvalue weighted by molar-refractivity contribution is 0.146. The van der Waals surface area contributed by atoms with E-state index in [0.717, 1.165) is 12.0 Å². The van der Waals surface area contributed by atoms with Gasteiger partial charge in [-0.3, -0.25) is 0 Å². The average molecular weight is 197 g/mol. The van der Waals surface area contributed by atoms with Crippen molar-refractivity contribution >= 4 is 17.8 Å². The first-order chi connectivity index (χ1) is 6.33. The molecule has 0 fully saturated rings. The molecule has 0 aliphatic carbocycles. The Morgan fingerprint density at radius 2 is 2.08 bits per heavy atom. The first-order valence-electron chi connectivity index (χ1n) is 4.16. The van der Waals surface area contributed by atoms with Crippen molar-refractivity contribution in [2.45, 2.75) is 13.3 Å². The summed E-state index contributed by atoms with van der Waals surface area (Å²) in [5.74, 6) is 0. The summed E-state index contributed by atoms with van der Waals surface area (Å²) in [6, 6.07) is 7.25. The lowest BCUT2D eigenvalue weighted by atomic mass is 10.2. The minimum absolute atomic E-state index is 0.626. The summed E-state index contributed by atoms with van der Waals surface area (Å²) in [4.78, 5) is 4.90. The summed E-state index contributed by atoms with van der Waals surface area (Å²) in [5.41, 5.74) is 0.862. The molecule has 1 radical (unpaired) electrons. The van der Waals surface area contributed by atoms with Crippen LogP contribution in [-0.2, 0) is 4.84 Å². The Balaban J connectivity index is 2.44. The smallest absolute Gasteiger partial charge is 0.139 e. The van der Waals surface area contributed by atoms with Gasteiger partial charge in [-0.25, -0.2) is 0 Å². The van der Waals surface area contributed by atoms with Crippen LogP contribution in [0.3, 0.4) is 0 Å². The van der Waals surface area contributed by atoms with Crippen molar-refractivity contribution in [2.75, 3.05) is 6.61 Å². The van der Waals surface area contributed by atoms with Crippen LogP contribution in [-0.4, -0.2) is 12.8 Å². The van der Waals surface area contributed by atoms with Crippen molar-refractivity contribution in [1.29, 1.82) is 0 Å². The van der Waals surface area contributed by atoms with E-state index in [4.69, 9.17) is 16.4 Å². The van der Waals surface area contributed by atoms with Crippen molar-refractivity contribution in [3.8, 4) is 0 Å². The zero-order valence-electron chi connectivity index (χ0n) is 7.46. The third-order valence-electron chi connectivity index (χ3n) is 1.38. The van der Waals surface area contributed by atoms with E-state index in [9.17, 15) is 0 Å². The number of halogens is 1. The second kappa shape index (κ2) is 5.60. The molecule has 1 rings (SSSR count). The fraction of sp³-hybridized carbons (Fsp3) is 0.300. The Bertz CT molecular complexity index is 269. The van der Waals surface area contributed by atoms with Crippen molar-refractivity contribution in [2.24, 2.45) is 5.16 Å². The van der Waals surface area contributed by atoms with E-state index in [-0.39, 0.29) is 0 Å². The summed E-state index contributed by atoms with van der Waals surface area (Å²) >= 11 is 5.71. The molecule has 13 heavy (non-hydrogen) atoms. The van der Waals surface area contributed by atoms with Gasteiger partial charge in [0.2, 0.25) is 0 Å². The first kappa shape index (κ1) is 10.1. The SMILES string of the molecule is CCCO/N=[C]\c1ccc(Cl)cc1. The van der Waals surface area contributed by atoms with Gasteiger partial charge in [-0.2, -0.15) is 0 Å². The minimum Gasteiger partial charge on any atom is -0.395 e. The molecule has 0 saturated heterocycles. The van der Waals surface area contributed by atoms with Crippen molar-refractivity contribution in [3.63, 3.8) is 0 Å². The van der Waals surface area contributed by atoms with E-state index >= 15 is 0 Å². The molecule has 0 spiro atoms. The van der Waals surface area contributed by atoms with Crippen LogP contribution in [0, 0.1) is 0 Å². The average Bonchev–Trinajstić information content (AvgIpc) is 2.15. The second-order valence-corrected chi connectivity index (χ2v) is 2.98. The highest BCUT2D eigenvalue weighted by Crippen LogP contribution is 2.07. The van der Waals surface area contributed by atoms with Crippen LogP contribution in [0.1, 0.15) is 18.9 Å². The Kier molecular flexibility index (Phi) is 4.33. The van der Waals surface area contributed by atoms with Gasteiger partial charge in [-0.1, -0.05) is 35.8 Å². The van der Waals surface area contributed by atoms with Crippen LogP contribution in [0.25, 0.3) is 0 Å². The van der Waals surface area contributed by atoms with Crippen LogP contribution in [0.4, 0.5) is 0 Å². The number of hydrogen-bond donors (Lipinski definition) is 0. The van der Waals surface area contributed by atoms with Gasteiger partial charge in [0.05, 0.1) is 0 Å². The van der Waals surface area contributed by atoms with Gasteiger partial charge in [0.15, 0.2) is 0 Å². The molecule has 0 aromatic heterocycles. The van der Waals surface area contributed by atoms with E-state index in [0.29, 0.717) is 11.6 Å². The van der Waals surface area contributed by atoms with Crippen LogP contribution in [0.5, 0.6) is 0 Å². The highest BCUT2D eigenvalue weighted by Gasteiger charge is 1.88. The lowest BCUT2D eigenvalue weighted by Gasteiger charge is -1.93. The van der Waals surface area contributed by atoms with E-state index in [1.807, 2.05) is 19.1 Å². The summed E-state index contributed by atoms with van der Waals surface area (Å²) < 4.78 is 0. The summed E-state index contributed by atoms with van der Waals surface area (Å²) in [6.07, 6.45) is 3.70. The maximum atomic E-state index is 5.71. The molecule has 0 saturated carbocycles. The van der Waals surface area contributed by atoms with Crippen molar-refractivity contribution in [1.82, 2.24) is 0 Å². The third-order valence-corrected chi connectivity index (χ3v) is 1.63. The summed E-state index contributed by atoms with van der Waals surface area (Å²) in [5, 5.41) is 4.38. The summed E-state index contributed by atoms with van der Waals surface area (Å²) in [7, 11) is 0. The van der Waals surface area contributed by atoms with Crippen molar-refractivity contribution < 1.29 is 4.84 Å². The first-order valence-corrected chi connectivity index (χ1v) is 4.54. The van der Waals surface area contributed by atoms with E-state index < -0.39 is 0 Å². The zero-order chi connectivity index (χ0) is 9.52. The Labute approximate surface area is 83.2 Å². The molecule has 3 heteroatoms. The van der Waals surface area contributed by atoms with Gasteiger partial charge in [-0.15, -0.1) is 0 Å². The molecule has 0 aliphatic rings. The fourth-order valence-electron chi connectivity index (χ4n) is 0.746. The Morgan fingerprint density at radius 1 is 1.38 bits per heavy atom. The monoisotopic (exact) mass is 196 g/mol. The van der Waals surface area contributed by atoms with Gasteiger partial charge >= 0.3 is 0 Å². The van der Waals surface area contributed by atoms with Crippen LogP contribution >= 0.6 is 11.6 Å². The van der Waals surface area contributed by atoms with Gasteiger partial charge in [0.1, 0.15) is 12.8 Å². The van der Waals surface area contributed by atoms with Gasteiger partial charge in [0, 0.05) is 10.6 Å². The number of hydrogen-bond acceptors (Lipinski definition) is 2. The van der Waals surface area contributed by atoms with Gasteiger partial charge < -0.3 is 4.84 Å². The molecule has 1 aromatic rings. The molecular weight excluding hydrogens is 186 g/mol. The number of rotatable bonds is 4. The molecule has 69 valence electrons. The largest absolute Gasteiger partial charge is 0.395 e. The van der Waals surface area contributed by atoms with Crippen LogP contribution in [0.2, 0.25) is 5.02 Å². The molecular formula is C10H11ClNO. The predicted molar refractivity (Wildman–Crippen MR) is 54.2 cm³/mol. The number of benzene rings is 1. The standard InChI is InChI=1S/C10H11ClNO/c1-2-7-13-12-8-9-3-5-10(11)6-4-9/h3-6H,2,7H2,1H3. The zero-order valence-corrected chi connectivity index (χ0v) is 8.21. The molecule has 0 heterocycles. The van der Waals surface area contributed by atoms with E-state index in [2.05, 4.69) is 11.4 Å². The second-order valence-electron chi connectivity index (χ2n) is 2.54. The highest BCUT2D eigenvalue weighted by atomic mass is 35.5. The predicted octanol–water partition coefficient (Wildman–Crippen LogP) is 2.98. The number of nitrogens with zero attached hydrogens (tertiary/aromatic N) is 1. The maximum absolute atomic E-state index is 5.71. The molecule has 1 aromatic carbocycles. The lowest BCUT2D eigenvalue weighted by Crippen LogP contribution is -1.86. The molecule has 2 nitrogen and oxygen atoms in total. The topological polar surface area (TPSA) is 21.6 Å². The summed E-state index contributed by atoms with van der Waals surface area (Å²) in [6.45, 7) is 2.65. The Hall–Kier alpha value is -1.02. The Morgan fingerprint density at radius 3 is 2.69 bits per heavy atom. The normalized spacial score (nSPS) is 10.6. The van der Waals surface area contributed by atoms with E-state index in [1.165, 1.54) is 0 Å². The van der Waals surface area contributed by atoms with Crippen molar-refractivity contribution in [3.05, 3.63) is 34.9 Å². The molecule has 0 amide bonds. The molecule has 0 unspecified atom stereocenters. The van der Waals surface area contributed by atoms with Gasteiger partial charge in [-0.05, 0) is 18.6 Å². The quantitative estimate of drug-likeness (QED) is 0.412. The van der Waals surface area contributed by atoms with E-state index in [1.54, 1.807) is 12.1 Å².